The van der Waals surface area contributed by atoms with Crippen LogP contribution in [0.2, 0.25) is 0 Å². The number of rotatable bonds is 46. The molecule has 0 fully saturated rings. The first-order valence-electron chi connectivity index (χ1n) is 21.9. The molecule has 0 aliphatic heterocycles. The Morgan fingerprint density at radius 3 is 1.51 bits per heavy atom. The van der Waals surface area contributed by atoms with Gasteiger partial charge in [0.05, 0.1) is 58.9 Å². The molecule has 57 heavy (non-hydrogen) atoms. The van der Waals surface area contributed by atoms with Gasteiger partial charge in [-0.15, -0.1) is 5.92 Å². The Morgan fingerprint density at radius 2 is 1.02 bits per heavy atom. The van der Waals surface area contributed by atoms with Gasteiger partial charge in [0.15, 0.2) is 0 Å². The Hall–Kier alpha value is -0.606. The number of nitrogens with one attached hydrogen (secondary N) is 4. The van der Waals surface area contributed by atoms with E-state index in [2.05, 4.69) is 21.3 Å². The molecule has 13 nitrogen and oxygen atoms in total. The minimum Gasteiger partial charge on any atom is -0.542 e. The molecule has 0 spiro atoms. The van der Waals surface area contributed by atoms with Crippen LogP contribution in [0.1, 0.15) is 142 Å². The van der Waals surface area contributed by atoms with Crippen LogP contribution in [0.4, 0.5) is 0 Å². The average Bonchev–Trinajstić information content (AvgIpc) is 3.19. The van der Waals surface area contributed by atoms with Crippen molar-refractivity contribution in [1.29, 1.82) is 0 Å². The van der Waals surface area contributed by atoms with E-state index < -0.39 is 0 Å². The maximum Gasteiger partial charge on any atom is 0.245 e. The second-order valence-electron chi connectivity index (χ2n) is 14.6. The zero-order valence-corrected chi connectivity index (χ0v) is 39.3. The zero-order valence-electron chi connectivity index (χ0n) is 36.4. The van der Waals surface area contributed by atoms with E-state index in [0.29, 0.717) is 72.4 Å². The van der Waals surface area contributed by atoms with Crippen LogP contribution in [-0.4, -0.2) is 133 Å². The minimum absolute atomic E-state index is 0. The molecule has 0 heterocycles. The van der Waals surface area contributed by atoms with Crippen LogP contribution in [0.15, 0.2) is 0 Å². The fourth-order valence-electron chi connectivity index (χ4n) is 5.98. The number of ether oxygens (including phenoxy) is 4. The summed E-state index contributed by atoms with van der Waals surface area (Å²) in [5.41, 5.74) is 0. The maximum absolute atomic E-state index is 12.3. The molecule has 0 saturated carbocycles. The molecule has 0 bridgehead atoms. The van der Waals surface area contributed by atoms with E-state index in [1.807, 2.05) is 13.2 Å². The van der Waals surface area contributed by atoms with Gasteiger partial charge in [0.1, 0.15) is 6.61 Å². The Bertz CT molecular complexity index is 836. The van der Waals surface area contributed by atoms with Gasteiger partial charge in [0.2, 0.25) is 11.8 Å². The van der Waals surface area contributed by atoms with Gasteiger partial charge in [-0.25, -0.2) is 0 Å². The van der Waals surface area contributed by atoms with Crippen LogP contribution < -0.4 is 21.3 Å². The van der Waals surface area contributed by atoms with Crippen molar-refractivity contribution in [3.8, 4) is 0 Å². The molecule has 0 aliphatic rings. The molecule has 0 saturated heterocycles. The summed E-state index contributed by atoms with van der Waals surface area (Å²) >= 11 is 0. The number of carbonyl (C=O) groups excluding carboxylic acids is 3. The van der Waals surface area contributed by atoms with Gasteiger partial charge < -0.3 is 62.6 Å². The number of carbonyl (C=O) groups is 2. The number of aliphatic hydroxyl groups excluding tert-OH is 2. The molecule has 0 aromatic rings. The molecule has 0 aromatic carbocycles. The average molecular weight is 892 g/mol. The number of amides is 2. The molecule has 14 heteroatoms. The third-order valence-corrected chi connectivity index (χ3v) is 9.39. The van der Waals surface area contributed by atoms with Gasteiger partial charge in [-0.3, -0.25) is 15.9 Å². The van der Waals surface area contributed by atoms with Crippen molar-refractivity contribution < 1.29 is 76.3 Å². The molecule has 2 atom stereocenters. The Labute approximate surface area is 373 Å². The third kappa shape index (κ3) is 49.7. The van der Waals surface area contributed by atoms with Crippen molar-refractivity contribution >= 4 is 18.1 Å². The Kier molecular flexibility index (Phi) is 54.9. The Balaban J connectivity index is -0.0000146. The molecule has 6 N–H and O–H groups in total. The first-order chi connectivity index (χ1) is 27.0. The number of hydrogen-bond acceptors (Lipinski definition) is 11. The van der Waals surface area contributed by atoms with Crippen molar-refractivity contribution in [1.82, 2.24) is 21.3 Å². The van der Waals surface area contributed by atoms with E-state index in [1.165, 1.54) is 77.0 Å². The van der Waals surface area contributed by atoms with E-state index in [-0.39, 0.29) is 77.1 Å². The summed E-state index contributed by atoms with van der Waals surface area (Å²) < 4.78 is 22.0. The van der Waals surface area contributed by atoms with Crippen molar-refractivity contribution in [2.45, 2.75) is 148 Å². The number of aliphatic hydroxyl groups is 2. The first-order valence-corrected chi connectivity index (χ1v) is 21.9. The minimum atomic E-state index is -0.187. The van der Waals surface area contributed by atoms with E-state index in [1.54, 1.807) is 0 Å². The molecule has 2 amide bonds. The molecular weight excluding hydrogens is 805 g/mol. The fraction of sp³-hybridized carbons (Fsp3) is 0.907. The van der Waals surface area contributed by atoms with Crippen LogP contribution in [0.25, 0.3) is 0 Å². The topological polar surface area (TPSA) is 177 Å². The summed E-state index contributed by atoms with van der Waals surface area (Å²) in [6.07, 6.45) is 25.1. The van der Waals surface area contributed by atoms with Crippen LogP contribution in [0.3, 0.4) is 0 Å². The molecule has 337 valence electrons. The van der Waals surface area contributed by atoms with Crippen LogP contribution in [0, 0.1) is 13.3 Å². The van der Waals surface area contributed by atoms with Gasteiger partial charge in [-0.1, -0.05) is 103 Å². The normalized spacial score (nSPS) is 12.1. The van der Waals surface area contributed by atoms with Crippen LogP contribution in [0.5, 0.6) is 0 Å². The summed E-state index contributed by atoms with van der Waals surface area (Å²) in [5.74, 6) is -0.148. The molecule has 0 aromatic heterocycles. The van der Waals surface area contributed by atoms with Crippen molar-refractivity contribution in [2.75, 3.05) is 98.8 Å². The van der Waals surface area contributed by atoms with Crippen molar-refractivity contribution in [3.63, 3.8) is 0 Å². The molecule has 0 unspecified atom stereocenters. The SMILES string of the molecule is C[C@H]([C-]=O)CCCCNC(=O)COCCOCCNCCOCCOCCNCCC[C@@H](CO)NC(=O)CCCCCCCCCCCCCCCCCO.[CH3-].[Y]. The monoisotopic (exact) mass is 892 g/mol. The maximum atomic E-state index is 12.3. The van der Waals surface area contributed by atoms with E-state index >= 15 is 0 Å². The standard InChI is InChI=1S/C42H83N4O9.CH3.Y/c1-39(36-48)20-16-17-24-45-42(51)38-55-35-34-54-31-27-44-26-30-53-33-32-52-29-25-43-23-19-21-40(37-49)46-41(50)22-15-13-11-9-7-5-3-2-4-6-8-10-12-14-18-28-47;;/h39-40,43-44,47,49H,2-35,37-38H2,1H3,(H,45,51)(H,46,50);1H3;/q2*-1;/t39-,40-;;/m0../s1. The zero-order chi connectivity index (χ0) is 40.1. The van der Waals surface area contributed by atoms with Gasteiger partial charge in [0.25, 0.3) is 0 Å². The van der Waals surface area contributed by atoms with E-state index in [0.717, 1.165) is 71.0 Å². The van der Waals surface area contributed by atoms with Gasteiger partial charge in [-0.05, 0) is 38.6 Å². The second-order valence-corrected chi connectivity index (χ2v) is 14.6. The van der Waals surface area contributed by atoms with Gasteiger partial charge >= 0.3 is 0 Å². The number of hydrogen-bond donors (Lipinski definition) is 6. The van der Waals surface area contributed by atoms with Gasteiger partial charge in [-0.2, -0.15) is 0 Å². The molecule has 0 rings (SSSR count). The third-order valence-electron chi connectivity index (χ3n) is 9.39. The smallest absolute Gasteiger partial charge is 0.245 e. The number of unbranched alkanes of at least 4 members (excludes halogenated alkanes) is 15. The van der Waals surface area contributed by atoms with E-state index in [4.69, 9.17) is 24.1 Å². The first kappa shape index (κ1) is 60.7. The molecule has 1 radical (unpaired) electrons. The summed E-state index contributed by atoms with van der Waals surface area (Å²) in [7, 11) is 0. The van der Waals surface area contributed by atoms with Crippen LogP contribution >= 0.6 is 0 Å². The van der Waals surface area contributed by atoms with Crippen molar-refractivity contribution in [2.24, 2.45) is 5.92 Å². The summed E-state index contributed by atoms with van der Waals surface area (Å²) in [5, 5.41) is 30.9. The predicted molar refractivity (Wildman–Crippen MR) is 226 cm³/mol. The van der Waals surface area contributed by atoms with E-state index in [9.17, 15) is 19.5 Å². The van der Waals surface area contributed by atoms with Crippen LogP contribution in [-0.2, 0) is 66.0 Å². The molecule has 0 aliphatic carbocycles. The van der Waals surface area contributed by atoms with Crippen molar-refractivity contribution in [3.05, 3.63) is 7.43 Å². The summed E-state index contributed by atoms with van der Waals surface area (Å²) in [6.45, 7) is 9.31. The summed E-state index contributed by atoms with van der Waals surface area (Å²) in [4.78, 5) is 34.5. The second kappa shape index (κ2) is 51.5. The molecular formula is C43H86N4O9Y-2. The summed E-state index contributed by atoms with van der Waals surface area (Å²) in [6, 6.07) is -0.187. The van der Waals surface area contributed by atoms with Gasteiger partial charge in [0, 0.05) is 71.9 Å². The Morgan fingerprint density at radius 1 is 0.544 bits per heavy atom. The fourth-order valence-corrected chi connectivity index (χ4v) is 5.98. The largest absolute Gasteiger partial charge is 0.542 e. The quantitative estimate of drug-likeness (QED) is 0.0350. The predicted octanol–water partition coefficient (Wildman–Crippen LogP) is 5.20.